The van der Waals surface area contributed by atoms with E-state index in [1.807, 2.05) is 28.9 Å². The Bertz CT molecular complexity index is 945. The largest absolute Gasteiger partial charge is 0.497 e. The van der Waals surface area contributed by atoms with Crippen molar-refractivity contribution in [2.75, 3.05) is 13.7 Å². The topological polar surface area (TPSA) is 36.4 Å². The van der Waals surface area contributed by atoms with Crippen molar-refractivity contribution in [1.82, 2.24) is 14.3 Å². The lowest BCUT2D eigenvalue weighted by Gasteiger charge is -2.17. The normalized spacial score (nSPS) is 12.3. The molecule has 0 aliphatic rings. The van der Waals surface area contributed by atoms with E-state index >= 15 is 0 Å². The van der Waals surface area contributed by atoms with Gasteiger partial charge in [-0.15, -0.1) is 5.10 Å². The first kappa shape index (κ1) is 20.3. The van der Waals surface area contributed by atoms with Crippen LogP contribution in [0, 0.1) is 4.77 Å². The van der Waals surface area contributed by atoms with Gasteiger partial charge in [0.05, 0.1) is 13.7 Å². The number of quaternary nitrogens is 1. The van der Waals surface area contributed by atoms with E-state index in [1.165, 1.54) is 10.5 Å². The average molecular weight is 398 g/mol. The maximum atomic E-state index is 5.79. The van der Waals surface area contributed by atoms with E-state index in [0.717, 1.165) is 41.7 Å². The Morgan fingerprint density at radius 1 is 1.07 bits per heavy atom. The molecule has 1 atom stereocenters. The minimum absolute atomic E-state index is 0.234. The second kappa shape index (κ2) is 9.17. The Morgan fingerprint density at radius 3 is 2.32 bits per heavy atom. The minimum Gasteiger partial charge on any atom is -0.497 e. The van der Waals surface area contributed by atoms with E-state index < -0.39 is 0 Å². The lowest BCUT2D eigenvalue weighted by molar-refractivity contribution is -0.935. The summed E-state index contributed by atoms with van der Waals surface area (Å²) in [5.41, 5.74) is 2.37. The van der Waals surface area contributed by atoms with Crippen LogP contribution in [0.15, 0.2) is 54.6 Å². The number of benzene rings is 2. The lowest BCUT2D eigenvalue weighted by atomic mass is 10.2. The van der Waals surface area contributed by atoms with Gasteiger partial charge in [0.15, 0.2) is 12.5 Å². The molecule has 3 aromatic rings. The minimum atomic E-state index is 0.234. The molecule has 1 heterocycles. The molecular weight excluding hydrogens is 368 g/mol. The van der Waals surface area contributed by atoms with Crippen LogP contribution in [-0.4, -0.2) is 28.0 Å². The van der Waals surface area contributed by atoms with Gasteiger partial charge in [-0.1, -0.05) is 30.3 Å². The van der Waals surface area contributed by atoms with Crippen LogP contribution in [0.2, 0.25) is 0 Å². The molecule has 148 valence electrons. The van der Waals surface area contributed by atoms with Crippen molar-refractivity contribution in [1.29, 1.82) is 0 Å². The fourth-order valence-electron chi connectivity index (χ4n) is 3.31. The summed E-state index contributed by atoms with van der Waals surface area (Å²) in [6, 6.07) is 18.8. The molecule has 28 heavy (non-hydrogen) atoms. The van der Waals surface area contributed by atoms with Gasteiger partial charge in [0.2, 0.25) is 4.77 Å². The van der Waals surface area contributed by atoms with Gasteiger partial charge < -0.3 is 9.64 Å². The van der Waals surface area contributed by atoms with Crippen LogP contribution in [0.1, 0.15) is 32.4 Å². The van der Waals surface area contributed by atoms with Crippen molar-refractivity contribution in [3.63, 3.8) is 0 Å². The molecule has 3 rings (SSSR count). The quantitative estimate of drug-likeness (QED) is 0.589. The van der Waals surface area contributed by atoms with Gasteiger partial charge in [0.25, 0.3) is 0 Å². The van der Waals surface area contributed by atoms with Crippen LogP contribution in [0.25, 0.3) is 11.4 Å². The Morgan fingerprint density at radius 2 is 1.75 bits per heavy atom. The van der Waals surface area contributed by atoms with Crippen molar-refractivity contribution >= 4 is 12.2 Å². The van der Waals surface area contributed by atoms with Gasteiger partial charge in [0.1, 0.15) is 12.3 Å². The van der Waals surface area contributed by atoms with Gasteiger partial charge in [-0.05, 0) is 57.3 Å². The Balaban J connectivity index is 1.91. The summed E-state index contributed by atoms with van der Waals surface area (Å²) in [4.78, 5) is 1.41. The van der Waals surface area contributed by atoms with Crippen LogP contribution in [-0.2, 0) is 13.2 Å². The van der Waals surface area contributed by atoms with Crippen molar-refractivity contribution in [2.24, 2.45) is 0 Å². The first-order chi connectivity index (χ1) is 13.5. The number of rotatable bonds is 8. The number of nitrogens with one attached hydrogen (secondary N) is 1. The van der Waals surface area contributed by atoms with Crippen molar-refractivity contribution in [2.45, 2.75) is 40.0 Å². The molecule has 0 aliphatic heterocycles. The summed E-state index contributed by atoms with van der Waals surface area (Å²) in [6.45, 7) is 9.18. The summed E-state index contributed by atoms with van der Waals surface area (Å²) >= 11 is 5.79. The predicted molar refractivity (Wildman–Crippen MR) is 115 cm³/mol. The zero-order chi connectivity index (χ0) is 20.1. The van der Waals surface area contributed by atoms with Crippen LogP contribution in [0.3, 0.4) is 0 Å². The molecule has 0 bridgehead atoms. The summed E-state index contributed by atoms with van der Waals surface area (Å²) in [6.07, 6.45) is 0. The van der Waals surface area contributed by atoms with Crippen LogP contribution in [0.5, 0.6) is 5.75 Å². The van der Waals surface area contributed by atoms with E-state index in [4.69, 9.17) is 22.1 Å². The Labute approximate surface area is 172 Å². The third-order valence-corrected chi connectivity index (χ3v) is 5.31. The van der Waals surface area contributed by atoms with Gasteiger partial charge in [0, 0.05) is 17.2 Å². The number of nitrogens with zero attached hydrogens (tertiary/aromatic N) is 3. The molecule has 2 aromatic carbocycles. The Kier molecular flexibility index (Phi) is 6.65. The molecule has 0 spiro atoms. The molecule has 5 nitrogen and oxygen atoms in total. The first-order valence-electron chi connectivity index (χ1n) is 9.74. The second-order valence-electron chi connectivity index (χ2n) is 7.22. The highest BCUT2D eigenvalue weighted by Crippen LogP contribution is 2.24. The molecule has 0 aliphatic carbocycles. The fourth-order valence-corrected chi connectivity index (χ4v) is 3.72. The molecule has 1 unspecified atom stereocenters. The van der Waals surface area contributed by atoms with E-state index in [-0.39, 0.29) is 6.04 Å². The van der Waals surface area contributed by atoms with Crippen LogP contribution >= 0.6 is 12.2 Å². The summed E-state index contributed by atoms with van der Waals surface area (Å²) in [5, 5.41) is 4.90. The number of methoxy groups -OCH3 is 1. The fraction of sp³-hybridized carbons (Fsp3) is 0.364. The number of hydrogen-bond acceptors (Lipinski definition) is 3. The highest BCUT2D eigenvalue weighted by molar-refractivity contribution is 7.71. The highest BCUT2D eigenvalue weighted by atomic mass is 32.1. The van der Waals surface area contributed by atoms with Gasteiger partial charge >= 0.3 is 0 Å². The summed E-state index contributed by atoms with van der Waals surface area (Å²) < 4.78 is 10.1. The smallest absolute Gasteiger partial charge is 0.203 e. The molecule has 0 radical (unpaired) electrons. The third kappa shape index (κ3) is 4.51. The summed E-state index contributed by atoms with van der Waals surface area (Å²) in [5.74, 6) is 1.74. The molecule has 6 heteroatoms. The Hall–Kier alpha value is -2.44. The SMILES string of the molecule is CC[NH+](Cc1ccccc1)Cn1nc(-c2ccc(OC)cc2)n(C(C)C)c1=S. The number of ether oxygens (including phenoxy) is 1. The molecule has 0 fully saturated rings. The lowest BCUT2D eigenvalue weighted by Crippen LogP contribution is -3.09. The molecule has 0 amide bonds. The molecular formula is C22H29N4OS+. The van der Waals surface area contributed by atoms with E-state index in [2.05, 4.69) is 55.7 Å². The molecule has 0 saturated heterocycles. The maximum absolute atomic E-state index is 5.79. The average Bonchev–Trinajstić information content (AvgIpc) is 3.04. The van der Waals surface area contributed by atoms with Crippen molar-refractivity contribution in [3.05, 3.63) is 64.9 Å². The van der Waals surface area contributed by atoms with E-state index in [9.17, 15) is 0 Å². The second-order valence-corrected chi connectivity index (χ2v) is 7.59. The first-order valence-corrected chi connectivity index (χ1v) is 10.2. The summed E-state index contributed by atoms with van der Waals surface area (Å²) in [7, 11) is 1.67. The van der Waals surface area contributed by atoms with Crippen molar-refractivity contribution < 1.29 is 9.64 Å². The van der Waals surface area contributed by atoms with Gasteiger partial charge in [-0.2, -0.15) is 4.68 Å². The van der Waals surface area contributed by atoms with E-state index in [1.54, 1.807) is 7.11 Å². The highest BCUT2D eigenvalue weighted by Gasteiger charge is 2.18. The zero-order valence-electron chi connectivity index (χ0n) is 17.1. The predicted octanol–water partition coefficient (Wildman–Crippen LogP) is 3.73. The maximum Gasteiger partial charge on any atom is 0.203 e. The third-order valence-electron chi connectivity index (χ3n) is 4.91. The van der Waals surface area contributed by atoms with Crippen molar-refractivity contribution in [3.8, 4) is 17.1 Å². The van der Waals surface area contributed by atoms with Crippen LogP contribution < -0.4 is 9.64 Å². The standard InChI is InChI=1S/C22H28N4OS/c1-5-24(15-18-9-7-6-8-10-18)16-25-22(28)26(17(2)3)21(23-25)19-11-13-20(27-4)14-12-19/h6-14,17H,5,15-16H2,1-4H3/p+1. The molecule has 1 N–H and O–H groups in total. The molecule has 1 aromatic heterocycles. The van der Waals surface area contributed by atoms with Gasteiger partial charge in [-0.3, -0.25) is 4.57 Å². The van der Waals surface area contributed by atoms with E-state index in [0.29, 0.717) is 0 Å². The zero-order valence-corrected chi connectivity index (χ0v) is 17.9. The van der Waals surface area contributed by atoms with Crippen LogP contribution in [0.4, 0.5) is 0 Å². The van der Waals surface area contributed by atoms with Gasteiger partial charge in [-0.25, -0.2) is 0 Å². The number of hydrogen-bond donors (Lipinski definition) is 1. The number of aromatic nitrogens is 3. The monoisotopic (exact) mass is 397 g/mol. The molecule has 0 saturated carbocycles.